The van der Waals surface area contributed by atoms with Crippen molar-refractivity contribution < 1.29 is 17.9 Å². The van der Waals surface area contributed by atoms with Crippen molar-refractivity contribution in [2.75, 3.05) is 12.9 Å². The third kappa shape index (κ3) is 4.47. The number of amides is 1. The fraction of sp³-hybridized carbons (Fsp3) is 0.143. The molecule has 1 N–H and O–H groups in total. The Morgan fingerprint density at radius 2 is 1.82 bits per heavy atom. The molecule has 0 aliphatic carbocycles. The Morgan fingerprint density at radius 3 is 2.41 bits per heavy atom. The molecule has 0 radical (unpaired) electrons. The Kier molecular flexibility index (Phi) is 5.40. The summed E-state index contributed by atoms with van der Waals surface area (Å²) in [5, 5.41) is 0. The van der Waals surface area contributed by atoms with Crippen LogP contribution in [0.1, 0.15) is 0 Å². The maximum Gasteiger partial charge on any atom is 0.264 e. The number of pyridine rings is 1. The zero-order valence-corrected chi connectivity index (χ0v) is 13.4. The van der Waals surface area contributed by atoms with Gasteiger partial charge in [0.25, 0.3) is 10.0 Å². The molecule has 6 nitrogen and oxygen atoms in total. The standard InChI is InChI=1S/C14H14N2O4S2/c1-20-11-2-4-13(5-3-11)22(18,19)16-14(17)10-21-12-6-8-15-9-7-12/h2-9H,10H2,1H3,(H,16,17). The lowest BCUT2D eigenvalue weighted by Gasteiger charge is -2.07. The van der Waals surface area contributed by atoms with Crippen molar-refractivity contribution in [1.82, 2.24) is 9.71 Å². The van der Waals surface area contributed by atoms with E-state index in [9.17, 15) is 13.2 Å². The minimum Gasteiger partial charge on any atom is -0.497 e. The van der Waals surface area contributed by atoms with Crippen LogP contribution < -0.4 is 9.46 Å². The molecule has 0 fully saturated rings. The Balaban J connectivity index is 1.97. The van der Waals surface area contributed by atoms with Gasteiger partial charge in [-0.15, -0.1) is 11.8 Å². The Morgan fingerprint density at radius 1 is 1.18 bits per heavy atom. The lowest BCUT2D eigenvalue weighted by molar-refractivity contribution is -0.116. The maximum atomic E-state index is 12.1. The van der Waals surface area contributed by atoms with E-state index in [0.29, 0.717) is 5.75 Å². The molecule has 116 valence electrons. The molecule has 2 rings (SSSR count). The zero-order chi connectivity index (χ0) is 16.0. The molecule has 1 aromatic heterocycles. The molecule has 1 aromatic carbocycles. The van der Waals surface area contributed by atoms with Crippen molar-refractivity contribution in [3.63, 3.8) is 0 Å². The number of benzene rings is 1. The van der Waals surface area contributed by atoms with Gasteiger partial charge in [-0.25, -0.2) is 13.1 Å². The number of ether oxygens (including phenoxy) is 1. The highest BCUT2D eigenvalue weighted by Crippen LogP contribution is 2.17. The zero-order valence-electron chi connectivity index (χ0n) is 11.7. The van der Waals surface area contributed by atoms with E-state index >= 15 is 0 Å². The van der Waals surface area contributed by atoms with Crippen LogP contribution in [0.5, 0.6) is 5.75 Å². The molecule has 2 aromatic rings. The van der Waals surface area contributed by atoms with E-state index in [4.69, 9.17) is 4.74 Å². The second-order valence-corrected chi connectivity index (χ2v) is 6.91. The number of carbonyl (C=O) groups is 1. The number of hydrogen-bond acceptors (Lipinski definition) is 6. The van der Waals surface area contributed by atoms with Gasteiger partial charge in [0.2, 0.25) is 5.91 Å². The number of carbonyl (C=O) groups excluding carboxylic acids is 1. The third-order valence-electron chi connectivity index (χ3n) is 2.64. The number of aromatic nitrogens is 1. The molecule has 0 saturated carbocycles. The topological polar surface area (TPSA) is 85.4 Å². The van der Waals surface area contributed by atoms with Crippen molar-refractivity contribution in [3.8, 4) is 5.75 Å². The number of thioether (sulfide) groups is 1. The SMILES string of the molecule is COc1ccc(S(=O)(=O)NC(=O)CSc2ccncc2)cc1. The lowest BCUT2D eigenvalue weighted by atomic mass is 10.3. The minimum absolute atomic E-state index is 0.000597. The average Bonchev–Trinajstić information content (AvgIpc) is 2.53. The molecule has 0 bridgehead atoms. The van der Waals surface area contributed by atoms with Crippen molar-refractivity contribution in [2.45, 2.75) is 9.79 Å². The summed E-state index contributed by atoms with van der Waals surface area (Å²) in [6.07, 6.45) is 3.21. The van der Waals surface area contributed by atoms with Crippen LogP contribution in [-0.2, 0) is 14.8 Å². The van der Waals surface area contributed by atoms with Crippen LogP contribution in [0.3, 0.4) is 0 Å². The Bertz CT molecular complexity index is 731. The lowest BCUT2D eigenvalue weighted by Crippen LogP contribution is -2.31. The second kappa shape index (κ2) is 7.28. The molecule has 1 amide bonds. The van der Waals surface area contributed by atoms with Gasteiger partial charge in [-0.1, -0.05) is 0 Å². The van der Waals surface area contributed by atoms with E-state index in [1.54, 1.807) is 24.5 Å². The summed E-state index contributed by atoms with van der Waals surface area (Å²) in [6, 6.07) is 9.29. The summed E-state index contributed by atoms with van der Waals surface area (Å²) in [4.78, 5) is 16.5. The highest BCUT2D eigenvalue weighted by molar-refractivity contribution is 8.00. The van der Waals surface area contributed by atoms with Crippen molar-refractivity contribution in [1.29, 1.82) is 0 Å². The number of rotatable bonds is 6. The predicted octanol–water partition coefficient (Wildman–Crippen LogP) is 1.69. The quantitative estimate of drug-likeness (QED) is 0.807. The summed E-state index contributed by atoms with van der Waals surface area (Å²) in [6.45, 7) is 0. The van der Waals surface area contributed by atoms with Crippen LogP contribution in [0.4, 0.5) is 0 Å². The molecule has 0 spiro atoms. The third-order valence-corrected chi connectivity index (χ3v) is 5.04. The van der Waals surface area contributed by atoms with E-state index in [0.717, 1.165) is 4.90 Å². The van der Waals surface area contributed by atoms with Gasteiger partial charge in [0, 0.05) is 17.3 Å². The average molecular weight is 338 g/mol. The van der Waals surface area contributed by atoms with Crippen molar-refractivity contribution in [2.24, 2.45) is 0 Å². The van der Waals surface area contributed by atoms with Gasteiger partial charge in [-0.2, -0.15) is 0 Å². The van der Waals surface area contributed by atoms with E-state index in [1.165, 1.54) is 43.1 Å². The molecule has 8 heteroatoms. The largest absolute Gasteiger partial charge is 0.497 e. The van der Waals surface area contributed by atoms with Gasteiger partial charge >= 0.3 is 0 Å². The van der Waals surface area contributed by atoms with Crippen LogP contribution in [0.15, 0.2) is 58.6 Å². The molecule has 0 atom stereocenters. The van der Waals surface area contributed by atoms with Crippen LogP contribution >= 0.6 is 11.8 Å². The number of hydrogen-bond donors (Lipinski definition) is 1. The molecular formula is C14H14N2O4S2. The molecule has 0 saturated heterocycles. The first-order chi connectivity index (χ1) is 10.5. The normalized spacial score (nSPS) is 11.0. The highest BCUT2D eigenvalue weighted by Gasteiger charge is 2.17. The van der Waals surface area contributed by atoms with Crippen molar-refractivity contribution in [3.05, 3.63) is 48.8 Å². The number of nitrogens with zero attached hydrogens (tertiary/aromatic N) is 1. The van der Waals surface area contributed by atoms with Gasteiger partial charge in [0.05, 0.1) is 17.8 Å². The van der Waals surface area contributed by atoms with Gasteiger partial charge in [-0.05, 0) is 36.4 Å². The molecular weight excluding hydrogens is 324 g/mol. The van der Waals surface area contributed by atoms with Crippen molar-refractivity contribution >= 4 is 27.7 Å². The summed E-state index contributed by atoms with van der Waals surface area (Å²) in [7, 11) is -2.38. The first-order valence-electron chi connectivity index (χ1n) is 6.24. The first kappa shape index (κ1) is 16.3. The van der Waals surface area contributed by atoms with E-state index < -0.39 is 15.9 Å². The molecule has 22 heavy (non-hydrogen) atoms. The van der Waals surface area contributed by atoms with Crippen LogP contribution in [0.2, 0.25) is 0 Å². The van der Waals surface area contributed by atoms with Gasteiger partial charge in [0.15, 0.2) is 0 Å². The summed E-state index contributed by atoms with van der Waals surface area (Å²) >= 11 is 1.23. The first-order valence-corrected chi connectivity index (χ1v) is 8.70. The maximum absolute atomic E-state index is 12.1. The van der Waals surface area contributed by atoms with Crippen LogP contribution in [0.25, 0.3) is 0 Å². The van der Waals surface area contributed by atoms with E-state index in [2.05, 4.69) is 4.98 Å². The number of nitrogens with one attached hydrogen (secondary N) is 1. The monoisotopic (exact) mass is 338 g/mol. The number of sulfonamides is 1. The van der Waals surface area contributed by atoms with Crippen LogP contribution in [0, 0.1) is 0 Å². The summed E-state index contributed by atoms with van der Waals surface area (Å²) in [5.41, 5.74) is 0. The van der Waals surface area contributed by atoms with Gasteiger partial charge in [-0.3, -0.25) is 9.78 Å². The molecule has 1 heterocycles. The van der Waals surface area contributed by atoms with E-state index in [-0.39, 0.29) is 10.6 Å². The van der Waals surface area contributed by atoms with Crippen LogP contribution in [-0.4, -0.2) is 32.2 Å². The molecule has 0 aliphatic heterocycles. The smallest absolute Gasteiger partial charge is 0.264 e. The fourth-order valence-corrected chi connectivity index (χ4v) is 3.34. The molecule has 0 unspecified atom stereocenters. The fourth-order valence-electron chi connectivity index (χ4n) is 1.58. The minimum atomic E-state index is -3.87. The molecule has 0 aliphatic rings. The van der Waals surface area contributed by atoms with E-state index in [1.807, 2.05) is 4.72 Å². The summed E-state index contributed by atoms with van der Waals surface area (Å²) in [5.74, 6) is -0.0458. The van der Waals surface area contributed by atoms with Gasteiger partial charge in [0.1, 0.15) is 5.75 Å². The number of methoxy groups -OCH3 is 1. The Labute approximate surface area is 133 Å². The van der Waals surface area contributed by atoms with Gasteiger partial charge < -0.3 is 4.74 Å². The second-order valence-electron chi connectivity index (χ2n) is 4.18. The highest BCUT2D eigenvalue weighted by atomic mass is 32.2. The summed E-state index contributed by atoms with van der Waals surface area (Å²) < 4.78 is 31.1. The predicted molar refractivity (Wildman–Crippen MR) is 83.3 cm³/mol. The Hall–Kier alpha value is -2.06.